The van der Waals surface area contributed by atoms with Crippen molar-refractivity contribution in [3.05, 3.63) is 42.0 Å². The zero-order valence-electron chi connectivity index (χ0n) is 13.3. The number of hydrogen-bond donors (Lipinski definition) is 1. The third-order valence-electron chi connectivity index (χ3n) is 2.76. The van der Waals surface area contributed by atoms with Crippen LogP contribution in [0.4, 0.5) is 5.69 Å². The predicted molar refractivity (Wildman–Crippen MR) is 101 cm³/mol. The van der Waals surface area contributed by atoms with Crippen LogP contribution in [-0.4, -0.2) is 27.1 Å². The Balaban J connectivity index is 1.89. The van der Waals surface area contributed by atoms with Gasteiger partial charge >= 0.3 is 0 Å². The number of benzene rings is 1. The molecule has 0 radical (unpaired) electrons. The third kappa shape index (κ3) is 5.67. The van der Waals surface area contributed by atoms with Gasteiger partial charge in [-0.2, -0.15) is 5.26 Å². The first kappa shape index (κ1) is 18.5. The Morgan fingerprint density at radius 2 is 2.04 bits per heavy atom. The third-order valence-corrected chi connectivity index (χ3v) is 6.23. The summed E-state index contributed by atoms with van der Waals surface area (Å²) in [5, 5.41) is 19.5. The summed E-state index contributed by atoms with van der Waals surface area (Å²) in [7, 11) is 0. The molecule has 1 aromatic heterocycles. The van der Waals surface area contributed by atoms with Gasteiger partial charge in [0, 0.05) is 11.4 Å². The van der Waals surface area contributed by atoms with Gasteiger partial charge in [0.25, 0.3) is 0 Å². The fourth-order valence-electron chi connectivity index (χ4n) is 1.56. The maximum Gasteiger partial charge on any atom is 0.237 e. The highest BCUT2D eigenvalue weighted by molar-refractivity contribution is 8.04. The highest BCUT2D eigenvalue weighted by atomic mass is 32.2. The lowest BCUT2D eigenvalue weighted by atomic mass is 10.2. The Bertz CT molecular complexity index is 764. The Morgan fingerprint density at radius 3 is 2.67 bits per heavy atom. The van der Waals surface area contributed by atoms with Crippen molar-refractivity contribution in [1.82, 2.24) is 10.2 Å². The molecule has 0 aliphatic carbocycles. The van der Waals surface area contributed by atoms with Crippen molar-refractivity contribution in [2.24, 2.45) is 0 Å². The van der Waals surface area contributed by atoms with Gasteiger partial charge in [-0.25, -0.2) is 0 Å². The number of carbonyl (C=O) groups excluding carboxylic acids is 1. The van der Waals surface area contributed by atoms with Gasteiger partial charge in [0.15, 0.2) is 8.68 Å². The molecule has 0 bridgehead atoms. The summed E-state index contributed by atoms with van der Waals surface area (Å²) in [5.41, 5.74) is 2.31. The van der Waals surface area contributed by atoms with Crippen LogP contribution in [0.15, 0.2) is 45.1 Å². The second-order valence-corrected chi connectivity index (χ2v) is 8.81. The van der Waals surface area contributed by atoms with Crippen molar-refractivity contribution >= 4 is 46.5 Å². The molecular formula is C16H16N4OS3. The first-order valence-corrected chi connectivity index (χ1v) is 9.74. The molecule has 1 amide bonds. The molecule has 0 unspecified atom stereocenters. The molecule has 5 nitrogen and oxygen atoms in total. The van der Waals surface area contributed by atoms with Crippen molar-refractivity contribution in [1.29, 1.82) is 5.26 Å². The number of thioether (sulfide) groups is 2. The zero-order chi connectivity index (χ0) is 17.5. The number of nitrogens with zero attached hydrogens (tertiary/aromatic N) is 3. The van der Waals surface area contributed by atoms with E-state index in [1.165, 1.54) is 23.1 Å². The van der Waals surface area contributed by atoms with Crippen LogP contribution in [0.5, 0.6) is 0 Å². The Morgan fingerprint density at radius 1 is 1.38 bits per heavy atom. The zero-order valence-corrected chi connectivity index (χ0v) is 15.7. The van der Waals surface area contributed by atoms with Crippen LogP contribution >= 0.6 is 34.9 Å². The second kappa shape index (κ2) is 8.87. The average Bonchev–Trinajstić information content (AvgIpc) is 3.01. The summed E-state index contributed by atoms with van der Waals surface area (Å²) in [5.74, 6) is 0.699. The molecule has 1 atom stereocenters. The van der Waals surface area contributed by atoms with Crippen molar-refractivity contribution < 1.29 is 4.79 Å². The second-order valence-electron chi connectivity index (χ2n) is 5.02. The number of rotatable bonds is 7. The summed E-state index contributed by atoms with van der Waals surface area (Å²) in [6.45, 7) is 7.66. The van der Waals surface area contributed by atoms with Crippen LogP contribution < -0.4 is 5.32 Å². The molecule has 2 aromatic rings. The fourth-order valence-corrected chi connectivity index (χ4v) is 4.57. The van der Waals surface area contributed by atoms with E-state index in [9.17, 15) is 4.79 Å². The molecule has 1 N–H and O–H groups in total. The van der Waals surface area contributed by atoms with Crippen LogP contribution in [0.25, 0.3) is 0 Å². The van der Waals surface area contributed by atoms with Crippen molar-refractivity contribution in [3.8, 4) is 6.07 Å². The summed E-state index contributed by atoms with van der Waals surface area (Å²) in [6, 6.07) is 8.81. The van der Waals surface area contributed by atoms with E-state index in [-0.39, 0.29) is 11.2 Å². The standard InChI is InChI=1S/C16H16N4OS3/c1-10(2)9-22-15-19-20-16(24-15)23-11(3)14(21)18-13-6-4-12(8-17)5-7-13/h4-7,11H,1,9H2,2-3H3,(H,18,21)/t11-/m0/s1. The Labute approximate surface area is 153 Å². The van der Waals surface area contributed by atoms with E-state index in [2.05, 4.69) is 22.1 Å². The summed E-state index contributed by atoms with van der Waals surface area (Å²) < 4.78 is 1.64. The van der Waals surface area contributed by atoms with Crippen LogP contribution in [0.3, 0.4) is 0 Å². The highest BCUT2D eigenvalue weighted by Gasteiger charge is 2.17. The van der Waals surface area contributed by atoms with Crippen LogP contribution in [0, 0.1) is 11.3 Å². The van der Waals surface area contributed by atoms with Gasteiger partial charge < -0.3 is 5.32 Å². The minimum Gasteiger partial charge on any atom is -0.325 e. The van der Waals surface area contributed by atoms with Gasteiger partial charge in [0.1, 0.15) is 0 Å². The lowest BCUT2D eigenvalue weighted by Crippen LogP contribution is -2.22. The summed E-state index contributed by atoms with van der Waals surface area (Å²) >= 11 is 4.45. The first-order valence-electron chi connectivity index (χ1n) is 7.06. The molecule has 8 heteroatoms. The number of amides is 1. The highest BCUT2D eigenvalue weighted by Crippen LogP contribution is 2.32. The van der Waals surface area contributed by atoms with Gasteiger partial charge in [-0.05, 0) is 38.1 Å². The lowest BCUT2D eigenvalue weighted by molar-refractivity contribution is -0.115. The molecule has 2 rings (SSSR count). The molecule has 1 heterocycles. The van der Waals surface area contributed by atoms with Gasteiger partial charge in [-0.15, -0.1) is 10.2 Å². The predicted octanol–water partition coefficient (Wildman–Crippen LogP) is 4.20. The summed E-state index contributed by atoms with van der Waals surface area (Å²) in [4.78, 5) is 12.2. The first-order chi connectivity index (χ1) is 11.5. The number of carbonyl (C=O) groups is 1. The smallest absolute Gasteiger partial charge is 0.237 e. The minimum absolute atomic E-state index is 0.115. The van der Waals surface area contributed by atoms with Gasteiger partial charge in [-0.1, -0.05) is 47.0 Å². The van der Waals surface area contributed by atoms with Crippen molar-refractivity contribution in [2.45, 2.75) is 27.8 Å². The molecule has 24 heavy (non-hydrogen) atoms. The molecule has 124 valence electrons. The molecule has 0 saturated heterocycles. The molecule has 0 spiro atoms. The molecule has 0 aliphatic rings. The topological polar surface area (TPSA) is 78.7 Å². The lowest BCUT2D eigenvalue weighted by Gasteiger charge is -2.10. The Kier molecular flexibility index (Phi) is 6.85. The molecule has 0 fully saturated rings. The van der Waals surface area contributed by atoms with Gasteiger partial charge in [0.05, 0.1) is 16.9 Å². The number of nitriles is 1. The largest absolute Gasteiger partial charge is 0.325 e. The maximum absolute atomic E-state index is 12.2. The summed E-state index contributed by atoms with van der Waals surface area (Å²) in [6.07, 6.45) is 0. The molecule has 1 aromatic carbocycles. The quantitative estimate of drug-likeness (QED) is 0.576. The van der Waals surface area contributed by atoms with E-state index < -0.39 is 0 Å². The number of hydrogen-bond acceptors (Lipinski definition) is 7. The average molecular weight is 377 g/mol. The van der Waals surface area contributed by atoms with Crippen LogP contribution in [0.1, 0.15) is 19.4 Å². The maximum atomic E-state index is 12.2. The van der Waals surface area contributed by atoms with E-state index in [1.54, 1.807) is 36.0 Å². The number of aromatic nitrogens is 2. The molecule has 0 saturated carbocycles. The van der Waals surface area contributed by atoms with E-state index in [0.29, 0.717) is 11.3 Å². The van der Waals surface area contributed by atoms with E-state index in [0.717, 1.165) is 20.0 Å². The monoisotopic (exact) mass is 376 g/mol. The van der Waals surface area contributed by atoms with Crippen molar-refractivity contribution in [3.63, 3.8) is 0 Å². The molecular weight excluding hydrogens is 360 g/mol. The Hall–Kier alpha value is -1.82. The van der Waals surface area contributed by atoms with Crippen molar-refractivity contribution in [2.75, 3.05) is 11.1 Å². The fraction of sp³-hybridized carbons (Fsp3) is 0.250. The van der Waals surface area contributed by atoms with Crippen LogP contribution in [0.2, 0.25) is 0 Å². The number of nitrogens with one attached hydrogen (secondary N) is 1. The SMILES string of the molecule is C=C(C)CSc1nnc(S[C@@H](C)C(=O)Nc2ccc(C#N)cc2)s1. The van der Waals surface area contributed by atoms with E-state index >= 15 is 0 Å². The molecule has 0 aliphatic heterocycles. The van der Waals surface area contributed by atoms with E-state index in [4.69, 9.17) is 5.26 Å². The normalized spacial score (nSPS) is 11.5. The minimum atomic E-state index is -0.299. The number of anilines is 1. The van der Waals surface area contributed by atoms with E-state index in [1.807, 2.05) is 19.9 Å². The van der Waals surface area contributed by atoms with Crippen LogP contribution in [-0.2, 0) is 4.79 Å². The van der Waals surface area contributed by atoms with Gasteiger partial charge in [-0.3, -0.25) is 4.79 Å². The van der Waals surface area contributed by atoms with Gasteiger partial charge in [0.2, 0.25) is 5.91 Å².